The smallest absolute Gasteiger partial charge is 0.0729 e. The number of fused-ring (bicyclic) bond motifs is 2. The second kappa shape index (κ2) is 6.99. The van der Waals surface area contributed by atoms with Gasteiger partial charge in [-0.2, -0.15) is 0 Å². The van der Waals surface area contributed by atoms with Crippen LogP contribution in [0.25, 0.3) is 0 Å². The van der Waals surface area contributed by atoms with Crippen LogP contribution in [0.4, 0.5) is 5.69 Å². The first-order valence-corrected chi connectivity index (χ1v) is 9.96. The lowest BCUT2D eigenvalue weighted by atomic mass is 9.85. The van der Waals surface area contributed by atoms with Crippen LogP contribution in [0.15, 0.2) is 61.1 Å². The molecule has 1 unspecified atom stereocenters. The van der Waals surface area contributed by atoms with Crippen LogP contribution in [-0.4, -0.2) is 39.5 Å². The van der Waals surface area contributed by atoms with Crippen LogP contribution < -0.4 is 4.90 Å². The van der Waals surface area contributed by atoms with Crippen molar-refractivity contribution in [2.45, 2.75) is 31.8 Å². The van der Waals surface area contributed by atoms with Crippen molar-refractivity contribution in [1.29, 1.82) is 0 Å². The van der Waals surface area contributed by atoms with E-state index in [0.717, 1.165) is 50.5 Å². The second-order valence-electron chi connectivity index (χ2n) is 8.10. The molecule has 142 valence electrons. The van der Waals surface area contributed by atoms with Crippen molar-refractivity contribution in [2.24, 2.45) is 0 Å². The highest BCUT2D eigenvalue weighted by Gasteiger charge is 2.48. The zero-order chi connectivity index (χ0) is 19.0. The van der Waals surface area contributed by atoms with Crippen molar-refractivity contribution >= 4 is 5.69 Å². The number of hydrogen-bond acceptors (Lipinski definition) is 5. The molecule has 0 amide bonds. The van der Waals surface area contributed by atoms with E-state index < -0.39 is 0 Å². The van der Waals surface area contributed by atoms with Crippen molar-refractivity contribution < 1.29 is 0 Å². The molecule has 1 saturated heterocycles. The molecule has 1 fully saturated rings. The lowest BCUT2D eigenvalue weighted by Gasteiger charge is -2.26. The summed E-state index contributed by atoms with van der Waals surface area (Å²) < 4.78 is 0. The molecule has 2 aliphatic heterocycles. The first kappa shape index (κ1) is 17.3. The van der Waals surface area contributed by atoms with Crippen LogP contribution in [0.3, 0.4) is 0 Å². The number of pyridine rings is 3. The number of hydrogen-bond donors (Lipinski definition) is 0. The first-order chi connectivity index (χ1) is 13.7. The third-order valence-corrected chi connectivity index (χ3v) is 5.98. The third kappa shape index (κ3) is 3.16. The molecular formula is C23H25N5. The lowest BCUT2D eigenvalue weighted by molar-refractivity contribution is 0.301. The second-order valence-corrected chi connectivity index (χ2v) is 8.10. The van der Waals surface area contributed by atoms with E-state index in [-0.39, 0.29) is 5.41 Å². The van der Waals surface area contributed by atoms with Crippen molar-refractivity contribution in [3.05, 3.63) is 83.7 Å². The van der Waals surface area contributed by atoms with Crippen LogP contribution in [-0.2, 0) is 18.5 Å². The van der Waals surface area contributed by atoms with Gasteiger partial charge in [0.15, 0.2) is 0 Å². The zero-order valence-corrected chi connectivity index (χ0v) is 16.3. The Morgan fingerprint density at radius 3 is 2.79 bits per heavy atom. The quantitative estimate of drug-likeness (QED) is 0.704. The van der Waals surface area contributed by atoms with Crippen LogP contribution in [0.1, 0.15) is 29.1 Å². The van der Waals surface area contributed by atoms with E-state index in [2.05, 4.69) is 58.1 Å². The Kier molecular flexibility index (Phi) is 4.32. The van der Waals surface area contributed by atoms with Gasteiger partial charge in [-0.05, 0) is 55.8 Å². The molecule has 5 heterocycles. The molecule has 0 bridgehead atoms. The van der Waals surface area contributed by atoms with Gasteiger partial charge in [0.05, 0.1) is 17.1 Å². The molecule has 1 spiro atoms. The van der Waals surface area contributed by atoms with Gasteiger partial charge in [-0.1, -0.05) is 12.1 Å². The molecule has 0 N–H and O–H groups in total. The number of nitrogens with zero attached hydrogens (tertiary/aromatic N) is 5. The van der Waals surface area contributed by atoms with E-state index >= 15 is 0 Å². The van der Waals surface area contributed by atoms with Crippen molar-refractivity contribution in [3.63, 3.8) is 0 Å². The largest absolute Gasteiger partial charge is 0.365 e. The van der Waals surface area contributed by atoms with Crippen LogP contribution in [0.5, 0.6) is 0 Å². The Labute approximate surface area is 166 Å². The van der Waals surface area contributed by atoms with Gasteiger partial charge in [0, 0.05) is 55.9 Å². The van der Waals surface area contributed by atoms with Gasteiger partial charge >= 0.3 is 0 Å². The highest BCUT2D eigenvalue weighted by Crippen LogP contribution is 2.45. The number of aromatic nitrogens is 3. The van der Waals surface area contributed by atoms with Crippen molar-refractivity contribution in [2.75, 3.05) is 24.5 Å². The van der Waals surface area contributed by atoms with Crippen LogP contribution >= 0.6 is 0 Å². The van der Waals surface area contributed by atoms with Crippen molar-refractivity contribution in [3.8, 4) is 0 Å². The normalized spacial score (nSPS) is 21.4. The monoisotopic (exact) mass is 371 g/mol. The standard InChI is InChI=1S/C23H25N5/c1-18-5-2-7-20(26-18)15-27-12-9-23(16-27)17-28(14-19-6-3-10-24-13-19)21-8-4-11-25-22(21)23/h2-8,10-11,13H,9,12,14-17H2,1H3. The summed E-state index contributed by atoms with van der Waals surface area (Å²) >= 11 is 0. The molecule has 0 saturated carbocycles. The Balaban J connectivity index is 1.38. The van der Waals surface area contributed by atoms with Crippen LogP contribution in [0, 0.1) is 6.92 Å². The van der Waals surface area contributed by atoms with Crippen molar-refractivity contribution in [1.82, 2.24) is 19.9 Å². The molecular weight excluding hydrogens is 346 g/mol. The highest BCUT2D eigenvalue weighted by atomic mass is 15.2. The Hall–Kier alpha value is -2.79. The Bertz CT molecular complexity index is 973. The van der Waals surface area contributed by atoms with E-state index in [4.69, 9.17) is 9.97 Å². The molecule has 0 radical (unpaired) electrons. The number of likely N-dealkylation sites (tertiary alicyclic amines) is 1. The molecule has 3 aromatic heterocycles. The van der Waals surface area contributed by atoms with Crippen LogP contribution in [0.2, 0.25) is 0 Å². The maximum atomic E-state index is 4.84. The molecule has 28 heavy (non-hydrogen) atoms. The molecule has 3 aromatic rings. The summed E-state index contributed by atoms with van der Waals surface area (Å²) in [6, 6.07) is 14.7. The van der Waals surface area contributed by atoms with E-state index in [1.165, 1.54) is 16.9 Å². The molecule has 5 nitrogen and oxygen atoms in total. The van der Waals surface area contributed by atoms with E-state index in [1.807, 2.05) is 24.7 Å². The Morgan fingerprint density at radius 1 is 1.00 bits per heavy atom. The highest BCUT2D eigenvalue weighted by molar-refractivity contribution is 5.60. The summed E-state index contributed by atoms with van der Waals surface area (Å²) in [4.78, 5) is 18.8. The van der Waals surface area contributed by atoms with Gasteiger partial charge in [-0.25, -0.2) is 0 Å². The summed E-state index contributed by atoms with van der Waals surface area (Å²) in [6.45, 7) is 7.00. The minimum absolute atomic E-state index is 0.114. The van der Waals surface area contributed by atoms with Gasteiger partial charge in [0.1, 0.15) is 0 Å². The fourth-order valence-corrected chi connectivity index (χ4v) is 4.77. The van der Waals surface area contributed by atoms with E-state index in [0.29, 0.717) is 0 Å². The molecule has 0 aliphatic carbocycles. The SMILES string of the molecule is Cc1cccc(CN2CCC3(C2)CN(Cc2cccnc2)c2cccnc23)n1. The van der Waals surface area contributed by atoms with Gasteiger partial charge < -0.3 is 4.90 Å². The van der Waals surface area contributed by atoms with Gasteiger partial charge in [-0.3, -0.25) is 19.9 Å². The first-order valence-electron chi connectivity index (χ1n) is 9.96. The number of anilines is 1. The summed E-state index contributed by atoms with van der Waals surface area (Å²) in [7, 11) is 0. The summed E-state index contributed by atoms with van der Waals surface area (Å²) in [6.07, 6.45) is 6.88. The summed E-state index contributed by atoms with van der Waals surface area (Å²) in [5.41, 5.74) is 6.14. The van der Waals surface area contributed by atoms with Gasteiger partial charge in [0.25, 0.3) is 0 Å². The lowest BCUT2D eigenvalue weighted by Crippen LogP contribution is -2.36. The topological polar surface area (TPSA) is 45.2 Å². The average Bonchev–Trinajstić information content (AvgIpc) is 3.25. The maximum absolute atomic E-state index is 4.84. The fraction of sp³-hybridized carbons (Fsp3) is 0.348. The third-order valence-electron chi connectivity index (χ3n) is 5.98. The minimum atomic E-state index is 0.114. The molecule has 0 aromatic carbocycles. The number of aryl methyl sites for hydroxylation is 1. The average molecular weight is 371 g/mol. The predicted molar refractivity (Wildman–Crippen MR) is 110 cm³/mol. The maximum Gasteiger partial charge on any atom is 0.0729 e. The summed E-state index contributed by atoms with van der Waals surface area (Å²) in [5, 5.41) is 0. The predicted octanol–water partition coefficient (Wildman–Crippen LogP) is 3.34. The molecule has 2 aliphatic rings. The minimum Gasteiger partial charge on any atom is -0.365 e. The number of rotatable bonds is 4. The molecule has 5 rings (SSSR count). The van der Waals surface area contributed by atoms with Gasteiger partial charge in [0.2, 0.25) is 0 Å². The fourth-order valence-electron chi connectivity index (χ4n) is 4.77. The van der Waals surface area contributed by atoms with Gasteiger partial charge in [-0.15, -0.1) is 0 Å². The van der Waals surface area contributed by atoms with E-state index in [9.17, 15) is 0 Å². The van der Waals surface area contributed by atoms with E-state index in [1.54, 1.807) is 0 Å². The Morgan fingerprint density at radius 2 is 1.93 bits per heavy atom. The molecule has 1 atom stereocenters. The molecule has 5 heteroatoms. The summed E-state index contributed by atoms with van der Waals surface area (Å²) in [5.74, 6) is 0. The zero-order valence-electron chi connectivity index (χ0n) is 16.3.